The minimum atomic E-state index is 0.677. The number of hydrogen-bond acceptors (Lipinski definition) is 0. The Hall–Kier alpha value is -1.82. The first-order valence-corrected chi connectivity index (χ1v) is 5.28. The lowest BCUT2D eigenvalue weighted by Crippen LogP contribution is -2.03. The molecule has 0 N–H and O–H groups in total. The summed E-state index contributed by atoms with van der Waals surface area (Å²) in [5.74, 6) is 0. The number of benzene rings is 3. The van der Waals surface area contributed by atoms with Crippen molar-refractivity contribution in [2.24, 2.45) is 0 Å². The van der Waals surface area contributed by atoms with Crippen LogP contribution in [0, 0.1) is 0 Å². The zero-order valence-corrected chi connectivity index (χ0v) is 8.25. The molecule has 0 bridgehead atoms. The molecular formula is C15H10. The fourth-order valence-electron chi connectivity index (χ4n) is 2.61. The van der Waals surface area contributed by atoms with Crippen LogP contribution in [-0.4, -0.2) is 0 Å². The first-order valence-electron chi connectivity index (χ1n) is 5.78. The van der Waals surface area contributed by atoms with Crippen molar-refractivity contribution in [1.82, 2.24) is 0 Å². The molecule has 0 radical (unpaired) electrons. The van der Waals surface area contributed by atoms with E-state index in [-0.39, 0.29) is 0 Å². The summed E-state index contributed by atoms with van der Waals surface area (Å²) in [5.41, 5.74) is 2.82. The fraction of sp³-hybridized carbons (Fsp3) is 0.0667. The Balaban J connectivity index is 2.38. The van der Waals surface area contributed by atoms with E-state index in [2.05, 4.69) is 36.4 Å². The predicted octanol–water partition coefficient (Wildman–Crippen LogP) is 3.90. The van der Waals surface area contributed by atoms with Crippen LogP contribution < -0.4 is 0 Å². The third-order valence-corrected chi connectivity index (χ3v) is 3.34. The second kappa shape index (κ2) is 2.40. The number of hydrogen-bond donors (Lipinski definition) is 0. The molecule has 0 spiro atoms. The maximum absolute atomic E-state index is 8.26. The summed E-state index contributed by atoms with van der Waals surface area (Å²) in [6.07, 6.45) is 1.06. The van der Waals surface area contributed by atoms with Crippen LogP contribution in [0.1, 0.15) is 12.5 Å². The molecule has 1 aliphatic carbocycles. The molecular weight excluding hydrogens is 180 g/mol. The predicted molar refractivity (Wildman–Crippen MR) is 64.3 cm³/mol. The van der Waals surface area contributed by atoms with Crippen LogP contribution in [0.25, 0.3) is 21.5 Å². The molecule has 0 heterocycles. The summed E-state index contributed by atoms with van der Waals surface area (Å²) in [6, 6.07) is 15.2. The van der Waals surface area contributed by atoms with E-state index >= 15 is 0 Å². The highest BCUT2D eigenvalue weighted by Crippen LogP contribution is 2.39. The average Bonchev–Trinajstić information content (AvgIpc) is 2.29. The zero-order valence-electron chi connectivity index (χ0n) is 9.25. The SMILES string of the molecule is [2H]c1c2ccccc2c2c3c(cccc13)C2. The second-order valence-electron chi connectivity index (χ2n) is 4.17. The highest BCUT2D eigenvalue weighted by molar-refractivity contribution is 6.07. The Morgan fingerprint density at radius 1 is 0.933 bits per heavy atom. The summed E-state index contributed by atoms with van der Waals surface area (Å²) in [5, 5.41) is 4.78. The molecule has 3 aromatic rings. The molecule has 0 aromatic heterocycles. The van der Waals surface area contributed by atoms with Crippen LogP contribution in [-0.2, 0) is 6.42 Å². The van der Waals surface area contributed by atoms with Gasteiger partial charge in [0.15, 0.2) is 0 Å². The van der Waals surface area contributed by atoms with E-state index in [0.717, 1.165) is 17.2 Å². The Kier molecular flexibility index (Phi) is 1.06. The smallest absolute Gasteiger partial charge is 0.0616 e. The summed E-state index contributed by atoms with van der Waals surface area (Å²) >= 11 is 0. The van der Waals surface area contributed by atoms with Gasteiger partial charge in [0, 0.05) is 0 Å². The van der Waals surface area contributed by atoms with E-state index in [9.17, 15) is 0 Å². The number of fused-ring (bicyclic) bond motifs is 2. The molecule has 15 heavy (non-hydrogen) atoms. The van der Waals surface area contributed by atoms with Crippen LogP contribution in [0.15, 0.2) is 48.5 Å². The van der Waals surface area contributed by atoms with Gasteiger partial charge in [-0.15, -0.1) is 0 Å². The van der Waals surface area contributed by atoms with Gasteiger partial charge in [-0.2, -0.15) is 0 Å². The van der Waals surface area contributed by atoms with Crippen molar-refractivity contribution in [1.29, 1.82) is 0 Å². The molecule has 0 saturated heterocycles. The van der Waals surface area contributed by atoms with Gasteiger partial charge in [-0.3, -0.25) is 0 Å². The van der Waals surface area contributed by atoms with Crippen LogP contribution in [0.4, 0.5) is 0 Å². The van der Waals surface area contributed by atoms with Crippen molar-refractivity contribution in [3.05, 3.63) is 59.6 Å². The molecule has 0 aliphatic heterocycles. The van der Waals surface area contributed by atoms with Crippen LogP contribution >= 0.6 is 0 Å². The average molecular weight is 191 g/mol. The number of rotatable bonds is 0. The van der Waals surface area contributed by atoms with E-state index in [1.165, 1.54) is 21.9 Å². The molecule has 1 aliphatic rings. The second-order valence-corrected chi connectivity index (χ2v) is 4.17. The Labute approximate surface area is 89.6 Å². The molecule has 4 rings (SSSR count). The lowest BCUT2D eigenvalue weighted by atomic mass is 9.81. The third-order valence-electron chi connectivity index (χ3n) is 3.34. The Bertz CT molecular complexity index is 676. The normalized spacial score (nSPS) is 14.0. The van der Waals surface area contributed by atoms with Crippen molar-refractivity contribution in [3.8, 4) is 0 Å². The summed E-state index contributed by atoms with van der Waals surface area (Å²) in [7, 11) is 0. The van der Waals surface area contributed by atoms with Gasteiger partial charge in [0.25, 0.3) is 0 Å². The lowest BCUT2D eigenvalue weighted by molar-refractivity contribution is 1.18. The summed E-state index contributed by atoms with van der Waals surface area (Å²) in [6.45, 7) is 0. The van der Waals surface area contributed by atoms with E-state index in [0.29, 0.717) is 6.04 Å². The molecule has 0 nitrogen and oxygen atoms in total. The molecule has 0 amide bonds. The van der Waals surface area contributed by atoms with Crippen molar-refractivity contribution < 1.29 is 1.37 Å². The standard InChI is InChI=1S/C15H10/c1-2-7-13-10(4-1)8-11-5-3-6-12-9-14(13)15(11)12/h1-8H,9H2/i8D. The van der Waals surface area contributed by atoms with Gasteiger partial charge in [-0.05, 0) is 45.1 Å². The molecule has 0 fully saturated rings. The van der Waals surface area contributed by atoms with Gasteiger partial charge in [-0.25, -0.2) is 0 Å². The zero-order chi connectivity index (χ0) is 10.7. The van der Waals surface area contributed by atoms with Gasteiger partial charge >= 0.3 is 0 Å². The molecule has 3 aromatic carbocycles. The maximum atomic E-state index is 8.26. The minimum absolute atomic E-state index is 0.677. The molecule has 0 unspecified atom stereocenters. The van der Waals surface area contributed by atoms with Crippen molar-refractivity contribution >= 4 is 21.5 Å². The van der Waals surface area contributed by atoms with Crippen LogP contribution in [0.5, 0.6) is 0 Å². The topological polar surface area (TPSA) is 0 Å². The first kappa shape index (κ1) is 6.62. The molecule has 0 saturated carbocycles. The molecule has 0 atom stereocenters. The highest BCUT2D eigenvalue weighted by Gasteiger charge is 2.18. The van der Waals surface area contributed by atoms with E-state index < -0.39 is 0 Å². The van der Waals surface area contributed by atoms with Crippen LogP contribution in [0.3, 0.4) is 0 Å². The Morgan fingerprint density at radius 3 is 2.80 bits per heavy atom. The quantitative estimate of drug-likeness (QED) is 0.370. The summed E-state index contributed by atoms with van der Waals surface area (Å²) < 4.78 is 8.26. The van der Waals surface area contributed by atoms with Gasteiger partial charge in [0.1, 0.15) is 0 Å². The van der Waals surface area contributed by atoms with Gasteiger partial charge in [0.05, 0.1) is 1.37 Å². The van der Waals surface area contributed by atoms with Gasteiger partial charge in [-0.1, -0.05) is 42.5 Å². The van der Waals surface area contributed by atoms with Crippen molar-refractivity contribution in [3.63, 3.8) is 0 Å². The highest BCUT2D eigenvalue weighted by atomic mass is 14.2. The molecule has 0 heteroatoms. The minimum Gasteiger partial charge on any atom is -0.0616 e. The summed E-state index contributed by atoms with van der Waals surface area (Å²) in [4.78, 5) is 0. The van der Waals surface area contributed by atoms with Crippen LogP contribution in [0.2, 0.25) is 0 Å². The molecule has 70 valence electrons. The van der Waals surface area contributed by atoms with E-state index in [4.69, 9.17) is 1.37 Å². The fourth-order valence-corrected chi connectivity index (χ4v) is 2.61. The third kappa shape index (κ3) is 0.822. The largest absolute Gasteiger partial charge is 0.0636 e. The lowest BCUT2D eigenvalue weighted by Gasteiger charge is -2.22. The van der Waals surface area contributed by atoms with Crippen molar-refractivity contribution in [2.45, 2.75) is 6.42 Å². The Morgan fingerprint density at radius 2 is 1.80 bits per heavy atom. The van der Waals surface area contributed by atoms with E-state index in [1.807, 2.05) is 6.07 Å². The first-order chi connectivity index (χ1) is 7.86. The van der Waals surface area contributed by atoms with Gasteiger partial charge < -0.3 is 0 Å². The van der Waals surface area contributed by atoms with Gasteiger partial charge in [0.2, 0.25) is 0 Å². The van der Waals surface area contributed by atoms with Crippen molar-refractivity contribution in [2.75, 3.05) is 0 Å². The maximum Gasteiger partial charge on any atom is 0.0636 e. The van der Waals surface area contributed by atoms with E-state index in [1.54, 1.807) is 0 Å². The monoisotopic (exact) mass is 191 g/mol.